The van der Waals surface area contributed by atoms with Gasteiger partial charge in [0.15, 0.2) is 5.13 Å². The fraction of sp³-hybridized carbons (Fsp3) is 0.308. The lowest BCUT2D eigenvalue weighted by Crippen LogP contribution is -2.16. The normalized spacial score (nSPS) is 10.6. The second-order valence-electron chi connectivity index (χ2n) is 4.13. The maximum Gasteiger partial charge on any atom is 0.185 e. The van der Waals surface area contributed by atoms with Crippen LogP contribution >= 0.6 is 11.3 Å². The fourth-order valence-electron chi connectivity index (χ4n) is 1.67. The van der Waals surface area contributed by atoms with E-state index in [0.717, 1.165) is 29.5 Å². The van der Waals surface area contributed by atoms with Crippen LogP contribution in [-0.4, -0.2) is 19.1 Å². The molecule has 5 heteroatoms. The lowest BCUT2D eigenvalue weighted by molar-refractivity contribution is 0.627. The van der Waals surface area contributed by atoms with E-state index in [9.17, 15) is 4.39 Å². The molecule has 2 rings (SSSR count). The first-order chi connectivity index (χ1) is 8.69. The predicted molar refractivity (Wildman–Crippen MR) is 73.4 cm³/mol. The van der Waals surface area contributed by atoms with Crippen LogP contribution in [0.5, 0.6) is 0 Å². The molecule has 0 fully saturated rings. The molecule has 0 saturated heterocycles. The molecule has 0 aliphatic rings. The highest BCUT2D eigenvalue weighted by atomic mass is 32.1. The summed E-state index contributed by atoms with van der Waals surface area (Å²) in [5, 5.41) is 6.10. The summed E-state index contributed by atoms with van der Waals surface area (Å²) in [6, 6.07) is 6.57. The smallest absolute Gasteiger partial charge is 0.185 e. The second kappa shape index (κ2) is 5.93. The number of rotatable bonds is 5. The van der Waals surface area contributed by atoms with Crippen molar-refractivity contribution in [3.8, 4) is 0 Å². The number of hydrogen-bond acceptors (Lipinski definition) is 4. The molecule has 0 aliphatic heterocycles. The number of anilines is 1. The molecule has 2 aromatic rings. The van der Waals surface area contributed by atoms with Crippen molar-refractivity contribution in [3.63, 3.8) is 0 Å². The molecular formula is C13H16FN3S. The van der Waals surface area contributed by atoms with Gasteiger partial charge in [-0.15, -0.1) is 11.3 Å². The summed E-state index contributed by atoms with van der Waals surface area (Å²) in [4.78, 5) is 6.59. The van der Waals surface area contributed by atoms with Gasteiger partial charge in [0.2, 0.25) is 0 Å². The van der Waals surface area contributed by atoms with Gasteiger partial charge in [0, 0.05) is 25.5 Å². The molecule has 0 aliphatic carbocycles. The maximum atomic E-state index is 12.8. The standard InChI is InChI=1S/C13H16FN3S/c1-15-7-12-9-18-13(16-12)17(2)8-10-3-5-11(14)6-4-10/h3-6,9,15H,7-8H2,1-2H3. The van der Waals surface area contributed by atoms with Crippen molar-refractivity contribution in [3.05, 3.63) is 46.7 Å². The summed E-state index contributed by atoms with van der Waals surface area (Å²) < 4.78 is 12.8. The van der Waals surface area contributed by atoms with Gasteiger partial charge in [-0.05, 0) is 24.7 Å². The summed E-state index contributed by atoms with van der Waals surface area (Å²) in [6.07, 6.45) is 0. The van der Waals surface area contributed by atoms with Gasteiger partial charge in [0.1, 0.15) is 5.82 Å². The third-order valence-corrected chi connectivity index (χ3v) is 3.56. The first kappa shape index (κ1) is 13.0. The number of halogens is 1. The number of thiazole rings is 1. The SMILES string of the molecule is CNCc1csc(N(C)Cc2ccc(F)cc2)n1. The molecule has 0 saturated carbocycles. The Morgan fingerprint density at radius 2 is 2.06 bits per heavy atom. The summed E-state index contributed by atoms with van der Waals surface area (Å²) in [5.41, 5.74) is 2.12. The largest absolute Gasteiger partial charge is 0.347 e. The lowest BCUT2D eigenvalue weighted by atomic mass is 10.2. The minimum Gasteiger partial charge on any atom is -0.347 e. The van der Waals surface area contributed by atoms with E-state index in [1.54, 1.807) is 23.5 Å². The van der Waals surface area contributed by atoms with E-state index < -0.39 is 0 Å². The van der Waals surface area contributed by atoms with Crippen LogP contribution in [0.4, 0.5) is 9.52 Å². The van der Waals surface area contributed by atoms with Crippen LogP contribution in [0.2, 0.25) is 0 Å². The highest BCUT2D eigenvalue weighted by Crippen LogP contribution is 2.21. The molecule has 0 atom stereocenters. The van der Waals surface area contributed by atoms with Crippen LogP contribution in [0, 0.1) is 5.82 Å². The van der Waals surface area contributed by atoms with Crippen LogP contribution in [0.25, 0.3) is 0 Å². The van der Waals surface area contributed by atoms with Gasteiger partial charge in [0.05, 0.1) is 5.69 Å². The molecule has 18 heavy (non-hydrogen) atoms. The first-order valence-electron chi connectivity index (χ1n) is 5.73. The van der Waals surface area contributed by atoms with Gasteiger partial charge in [0.25, 0.3) is 0 Å². The molecule has 0 amide bonds. The van der Waals surface area contributed by atoms with Gasteiger partial charge in [-0.3, -0.25) is 0 Å². The van der Waals surface area contributed by atoms with E-state index in [0.29, 0.717) is 0 Å². The predicted octanol–water partition coefficient (Wildman–Crippen LogP) is 2.64. The highest BCUT2D eigenvalue weighted by Gasteiger charge is 2.07. The zero-order valence-corrected chi connectivity index (χ0v) is 11.3. The quantitative estimate of drug-likeness (QED) is 0.901. The molecule has 0 radical (unpaired) electrons. The van der Waals surface area contributed by atoms with E-state index in [1.165, 1.54) is 12.1 Å². The minimum atomic E-state index is -0.202. The number of hydrogen-bond donors (Lipinski definition) is 1. The van der Waals surface area contributed by atoms with Gasteiger partial charge >= 0.3 is 0 Å². The van der Waals surface area contributed by atoms with Gasteiger partial charge in [-0.25, -0.2) is 9.37 Å². The number of nitrogens with zero attached hydrogens (tertiary/aromatic N) is 2. The summed E-state index contributed by atoms with van der Waals surface area (Å²) in [5.74, 6) is -0.202. The second-order valence-corrected chi connectivity index (χ2v) is 4.97. The van der Waals surface area contributed by atoms with Crippen LogP contribution < -0.4 is 10.2 Å². The Balaban J connectivity index is 2.02. The Morgan fingerprint density at radius 1 is 1.33 bits per heavy atom. The van der Waals surface area contributed by atoms with Gasteiger partial charge in [-0.2, -0.15) is 0 Å². The Hall–Kier alpha value is -1.46. The third-order valence-electron chi connectivity index (χ3n) is 2.56. The van der Waals surface area contributed by atoms with Crippen LogP contribution in [0.3, 0.4) is 0 Å². The molecule has 0 bridgehead atoms. The first-order valence-corrected chi connectivity index (χ1v) is 6.61. The average molecular weight is 265 g/mol. The molecule has 1 aromatic carbocycles. The maximum absolute atomic E-state index is 12.8. The van der Waals surface area contributed by atoms with Crippen LogP contribution in [0.1, 0.15) is 11.3 Å². The minimum absolute atomic E-state index is 0.202. The zero-order chi connectivity index (χ0) is 13.0. The Labute approximate surface area is 110 Å². The molecular weight excluding hydrogens is 249 g/mol. The monoisotopic (exact) mass is 265 g/mol. The molecule has 0 unspecified atom stereocenters. The van der Waals surface area contributed by atoms with Crippen molar-refractivity contribution in [2.24, 2.45) is 0 Å². The number of benzene rings is 1. The van der Waals surface area contributed by atoms with Crippen molar-refractivity contribution in [2.45, 2.75) is 13.1 Å². The molecule has 1 N–H and O–H groups in total. The van der Waals surface area contributed by atoms with Gasteiger partial charge in [-0.1, -0.05) is 12.1 Å². The van der Waals surface area contributed by atoms with E-state index in [1.807, 2.05) is 19.5 Å². The van der Waals surface area contributed by atoms with Crippen molar-refractivity contribution >= 4 is 16.5 Å². The van der Waals surface area contributed by atoms with E-state index in [-0.39, 0.29) is 5.82 Å². The highest BCUT2D eigenvalue weighted by molar-refractivity contribution is 7.13. The Kier molecular flexibility index (Phi) is 4.28. The topological polar surface area (TPSA) is 28.2 Å². The molecule has 1 heterocycles. The van der Waals surface area contributed by atoms with E-state index in [4.69, 9.17) is 0 Å². The van der Waals surface area contributed by atoms with Gasteiger partial charge < -0.3 is 10.2 Å². The van der Waals surface area contributed by atoms with E-state index in [2.05, 4.69) is 15.2 Å². The fourth-order valence-corrected chi connectivity index (χ4v) is 2.46. The van der Waals surface area contributed by atoms with Crippen molar-refractivity contribution < 1.29 is 4.39 Å². The van der Waals surface area contributed by atoms with Crippen molar-refractivity contribution in [2.75, 3.05) is 19.0 Å². The third kappa shape index (κ3) is 3.27. The average Bonchev–Trinajstić information content (AvgIpc) is 2.81. The zero-order valence-electron chi connectivity index (χ0n) is 10.5. The van der Waals surface area contributed by atoms with Crippen molar-refractivity contribution in [1.29, 1.82) is 0 Å². The molecule has 0 spiro atoms. The summed E-state index contributed by atoms with van der Waals surface area (Å²) in [7, 11) is 3.90. The molecule has 3 nitrogen and oxygen atoms in total. The summed E-state index contributed by atoms with van der Waals surface area (Å²) in [6.45, 7) is 1.51. The number of aromatic nitrogens is 1. The van der Waals surface area contributed by atoms with Crippen molar-refractivity contribution in [1.82, 2.24) is 10.3 Å². The Morgan fingerprint density at radius 3 is 2.72 bits per heavy atom. The van der Waals surface area contributed by atoms with Crippen LogP contribution in [-0.2, 0) is 13.1 Å². The molecule has 96 valence electrons. The number of nitrogens with one attached hydrogen (secondary N) is 1. The lowest BCUT2D eigenvalue weighted by Gasteiger charge is -2.15. The molecule has 1 aromatic heterocycles. The van der Waals surface area contributed by atoms with E-state index >= 15 is 0 Å². The summed E-state index contributed by atoms with van der Waals surface area (Å²) >= 11 is 1.62. The Bertz CT molecular complexity index is 495. The van der Waals surface area contributed by atoms with Crippen LogP contribution in [0.15, 0.2) is 29.6 Å².